The second-order valence-electron chi connectivity index (χ2n) is 5.16. The highest BCUT2D eigenvalue weighted by molar-refractivity contribution is 7.12. The fourth-order valence-electron chi connectivity index (χ4n) is 2.12. The van der Waals surface area contributed by atoms with E-state index in [2.05, 4.69) is 15.7 Å². The van der Waals surface area contributed by atoms with Gasteiger partial charge in [0.15, 0.2) is 5.69 Å². The highest BCUT2D eigenvalue weighted by atomic mass is 32.1. The third-order valence-electron chi connectivity index (χ3n) is 3.32. The van der Waals surface area contributed by atoms with Gasteiger partial charge in [-0.2, -0.15) is 5.10 Å². The van der Waals surface area contributed by atoms with Gasteiger partial charge in [-0.1, -0.05) is 6.07 Å². The molecule has 3 rings (SSSR count). The van der Waals surface area contributed by atoms with Crippen LogP contribution in [0.3, 0.4) is 0 Å². The quantitative estimate of drug-likeness (QED) is 0.744. The molecule has 24 heavy (non-hydrogen) atoms. The van der Waals surface area contributed by atoms with Crippen LogP contribution in [0.4, 0.5) is 5.82 Å². The molecule has 0 aliphatic heterocycles. The predicted molar refractivity (Wildman–Crippen MR) is 90.1 cm³/mol. The lowest BCUT2D eigenvalue weighted by atomic mass is 10.3. The van der Waals surface area contributed by atoms with E-state index in [1.807, 2.05) is 18.4 Å². The van der Waals surface area contributed by atoms with Gasteiger partial charge in [0.2, 0.25) is 0 Å². The van der Waals surface area contributed by atoms with E-state index in [-0.39, 0.29) is 24.1 Å². The predicted octanol–water partition coefficient (Wildman–Crippen LogP) is 2.57. The Morgan fingerprint density at radius 2 is 2.12 bits per heavy atom. The van der Waals surface area contributed by atoms with Crippen LogP contribution in [-0.4, -0.2) is 21.6 Å². The standard InChI is InChI=1S/C16H16N4O3S/c1-10-5-6-11(23-10)9-17-15(21)12-8-14(20(2)19-12)18-16(22)13-4-3-7-24-13/h3-8H,9H2,1-2H3,(H,17,21)(H,18,22). The van der Waals surface area contributed by atoms with E-state index in [1.54, 1.807) is 25.2 Å². The van der Waals surface area contributed by atoms with Crippen LogP contribution >= 0.6 is 11.3 Å². The molecule has 3 heterocycles. The van der Waals surface area contributed by atoms with Crippen molar-refractivity contribution in [1.82, 2.24) is 15.1 Å². The lowest BCUT2D eigenvalue weighted by Gasteiger charge is -2.02. The number of carbonyl (C=O) groups is 2. The summed E-state index contributed by atoms with van der Waals surface area (Å²) in [5.74, 6) is 1.34. The second-order valence-corrected chi connectivity index (χ2v) is 6.11. The summed E-state index contributed by atoms with van der Waals surface area (Å²) < 4.78 is 6.85. The minimum Gasteiger partial charge on any atom is -0.465 e. The molecule has 0 unspecified atom stereocenters. The van der Waals surface area contributed by atoms with Gasteiger partial charge in [-0.25, -0.2) is 0 Å². The number of hydrogen-bond acceptors (Lipinski definition) is 5. The number of furan rings is 1. The van der Waals surface area contributed by atoms with Crippen LogP contribution in [0, 0.1) is 6.92 Å². The Morgan fingerprint density at radius 1 is 1.29 bits per heavy atom. The largest absolute Gasteiger partial charge is 0.465 e. The molecule has 0 spiro atoms. The number of nitrogens with zero attached hydrogens (tertiary/aromatic N) is 2. The van der Waals surface area contributed by atoms with Crippen molar-refractivity contribution in [3.05, 3.63) is 57.8 Å². The Kier molecular flexibility index (Phi) is 4.48. The molecule has 0 aliphatic rings. The van der Waals surface area contributed by atoms with E-state index in [9.17, 15) is 9.59 Å². The molecule has 2 amide bonds. The van der Waals surface area contributed by atoms with Crippen molar-refractivity contribution < 1.29 is 14.0 Å². The molecule has 0 atom stereocenters. The number of hydrogen-bond donors (Lipinski definition) is 2. The number of thiophene rings is 1. The summed E-state index contributed by atoms with van der Waals surface area (Å²) in [6, 6.07) is 8.71. The Bertz CT molecular complexity index is 864. The summed E-state index contributed by atoms with van der Waals surface area (Å²) >= 11 is 1.35. The van der Waals surface area contributed by atoms with Crippen molar-refractivity contribution in [2.75, 3.05) is 5.32 Å². The van der Waals surface area contributed by atoms with Crippen LogP contribution in [0.25, 0.3) is 0 Å². The Hall–Kier alpha value is -2.87. The van der Waals surface area contributed by atoms with Crippen LogP contribution in [-0.2, 0) is 13.6 Å². The molecule has 7 nitrogen and oxygen atoms in total. The van der Waals surface area contributed by atoms with Crippen molar-refractivity contribution in [3.8, 4) is 0 Å². The molecule has 0 radical (unpaired) electrons. The van der Waals surface area contributed by atoms with Crippen LogP contribution in [0.5, 0.6) is 0 Å². The van der Waals surface area contributed by atoms with Gasteiger partial charge in [0.1, 0.15) is 17.3 Å². The Morgan fingerprint density at radius 3 is 2.79 bits per heavy atom. The molecule has 0 aromatic carbocycles. The summed E-state index contributed by atoms with van der Waals surface area (Å²) in [4.78, 5) is 24.8. The average Bonchev–Trinajstić information content (AvgIpc) is 3.27. The van der Waals surface area contributed by atoms with Crippen LogP contribution in [0.1, 0.15) is 31.7 Å². The minimum atomic E-state index is -0.337. The maximum absolute atomic E-state index is 12.2. The van der Waals surface area contributed by atoms with Crippen LogP contribution < -0.4 is 10.6 Å². The first-order chi connectivity index (χ1) is 11.5. The fraction of sp³-hybridized carbons (Fsp3) is 0.188. The SMILES string of the molecule is Cc1ccc(CNC(=O)c2cc(NC(=O)c3cccs3)n(C)n2)o1. The molecule has 3 aromatic heterocycles. The Balaban J connectivity index is 1.64. The van der Waals surface area contributed by atoms with Crippen molar-refractivity contribution >= 4 is 29.0 Å². The summed E-state index contributed by atoms with van der Waals surface area (Å²) in [5.41, 5.74) is 0.224. The van der Waals surface area contributed by atoms with E-state index in [4.69, 9.17) is 4.42 Å². The van der Waals surface area contributed by atoms with Gasteiger partial charge >= 0.3 is 0 Å². The number of aryl methyl sites for hydroxylation is 2. The third-order valence-corrected chi connectivity index (χ3v) is 4.19. The van der Waals surface area contributed by atoms with Crippen LogP contribution in [0.2, 0.25) is 0 Å². The highest BCUT2D eigenvalue weighted by Gasteiger charge is 2.15. The zero-order valence-corrected chi connectivity index (χ0v) is 14.0. The second kappa shape index (κ2) is 6.71. The molecular weight excluding hydrogens is 328 g/mol. The van der Waals surface area contributed by atoms with Gasteiger partial charge < -0.3 is 15.1 Å². The number of carbonyl (C=O) groups excluding carboxylic acids is 2. The van der Waals surface area contributed by atoms with Crippen molar-refractivity contribution in [2.24, 2.45) is 7.05 Å². The van der Waals surface area contributed by atoms with E-state index < -0.39 is 0 Å². The lowest BCUT2D eigenvalue weighted by Crippen LogP contribution is -2.23. The summed E-state index contributed by atoms with van der Waals surface area (Å²) in [6.07, 6.45) is 0. The fourth-order valence-corrected chi connectivity index (χ4v) is 2.74. The van der Waals surface area contributed by atoms with Gasteiger partial charge in [-0.05, 0) is 30.5 Å². The maximum atomic E-state index is 12.2. The number of aromatic nitrogens is 2. The van der Waals surface area contributed by atoms with E-state index >= 15 is 0 Å². The smallest absolute Gasteiger partial charge is 0.272 e. The molecule has 0 saturated carbocycles. The van der Waals surface area contributed by atoms with E-state index in [0.717, 1.165) is 5.76 Å². The maximum Gasteiger partial charge on any atom is 0.272 e. The van der Waals surface area contributed by atoms with Crippen molar-refractivity contribution in [2.45, 2.75) is 13.5 Å². The first kappa shape index (κ1) is 16.0. The molecule has 0 aliphatic carbocycles. The zero-order chi connectivity index (χ0) is 17.1. The molecule has 0 bridgehead atoms. The molecule has 0 saturated heterocycles. The zero-order valence-electron chi connectivity index (χ0n) is 13.2. The minimum absolute atomic E-state index is 0.224. The van der Waals surface area contributed by atoms with Gasteiger partial charge in [-0.3, -0.25) is 14.3 Å². The first-order valence-corrected chi connectivity index (χ1v) is 8.13. The first-order valence-electron chi connectivity index (χ1n) is 7.25. The lowest BCUT2D eigenvalue weighted by molar-refractivity contribution is 0.0941. The molecule has 124 valence electrons. The van der Waals surface area contributed by atoms with Gasteiger partial charge in [-0.15, -0.1) is 11.3 Å². The topological polar surface area (TPSA) is 89.2 Å². The van der Waals surface area contributed by atoms with Crippen LogP contribution in [0.15, 0.2) is 40.1 Å². The third kappa shape index (κ3) is 3.54. The van der Waals surface area contributed by atoms with Crippen molar-refractivity contribution in [3.63, 3.8) is 0 Å². The highest BCUT2D eigenvalue weighted by Crippen LogP contribution is 2.14. The number of amides is 2. The van der Waals surface area contributed by atoms with Crippen molar-refractivity contribution in [1.29, 1.82) is 0 Å². The summed E-state index contributed by atoms with van der Waals surface area (Å²) in [6.45, 7) is 2.12. The van der Waals surface area contributed by atoms with Gasteiger partial charge in [0.05, 0.1) is 11.4 Å². The number of nitrogens with one attached hydrogen (secondary N) is 2. The average molecular weight is 344 g/mol. The molecule has 0 fully saturated rings. The summed E-state index contributed by atoms with van der Waals surface area (Å²) in [7, 11) is 1.66. The van der Waals surface area contributed by atoms with Gasteiger partial charge in [0, 0.05) is 13.1 Å². The number of anilines is 1. The Labute approximate surface area is 142 Å². The molecule has 2 N–H and O–H groups in total. The van der Waals surface area contributed by atoms with E-state index in [1.165, 1.54) is 22.1 Å². The van der Waals surface area contributed by atoms with Gasteiger partial charge in [0.25, 0.3) is 11.8 Å². The molecule has 8 heteroatoms. The monoisotopic (exact) mass is 344 g/mol. The molecule has 3 aromatic rings. The van der Waals surface area contributed by atoms with E-state index in [0.29, 0.717) is 16.5 Å². The summed E-state index contributed by atoms with van der Waals surface area (Å²) in [5, 5.41) is 11.4. The molecular formula is C16H16N4O3S. The number of rotatable bonds is 5. The normalized spacial score (nSPS) is 10.6.